The lowest BCUT2D eigenvalue weighted by Crippen LogP contribution is -2.28. The smallest absolute Gasteiger partial charge is 0.258 e. The van der Waals surface area contributed by atoms with E-state index >= 15 is 0 Å². The molecule has 0 spiro atoms. The number of benzene rings is 1. The number of amides is 1. The van der Waals surface area contributed by atoms with E-state index in [-0.39, 0.29) is 12.5 Å². The fourth-order valence-electron chi connectivity index (χ4n) is 2.13. The van der Waals surface area contributed by atoms with Crippen molar-refractivity contribution in [2.75, 3.05) is 6.61 Å². The molecule has 1 atom stereocenters. The Morgan fingerprint density at radius 2 is 2.00 bits per heavy atom. The van der Waals surface area contributed by atoms with E-state index < -0.39 is 0 Å². The van der Waals surface area contributed by atoms with Crippen molar-refractivity contribution >= 4 is 5.91 Å². The summed E-state index contributed by atoms with van der Waals surface area (Å²) in [6.45, 7) is 4.72. The number of pyridine rings is 1. The SMILES string of the molecule is CC[C@H](C)c1ccccc1OCC(=O)NCc1ccccn1. The predicted molar refractivity (Wildman–Crippen MR) is 86.7 cm³/mol. The van der Waals surface area contributed by atoms with Crippen molar-refractivity contribution in [3.05, 3.63) is 59.9 Å². The molecule has 1 aromatic carbocycles. The van der Waals surface area contributed by atoms with Crippen molar-refractivity contribution in [3.63, 3.8) is 0 Å². The van der Waals surface area contributed by atoms with Gasteiger partial charge >= 0.3 is 0 Å². The molecule has 1 amide bonds. The van der Waals surface area contributed by atoms with Crippen LogP contribution in [0.15, 0.2) is 48.7 Å². The maximum atomic E-state index is 11.9. The van der Waals surface area contributed by atoms with Gasteiger partial charge in [-0.05, 0) is 36.1 Å². The Hall–Kier alpha value is -2.36. The molecule has 0 radical (unpaired) electrons. The second-order valence-electron chi connectivity index (χ2n) is 5.23. The molecule has 4 heteroatoms. The molecule has 0 aliphatic rings. The first kappa shape index (κ1) is 16.0. The summed E-state index contributed by atoms with van der Waals surface area (Å²) in [5.41, 5.74) is 1.97. The van der Waals surface area contributed by atoms with Crippen LogP contribution in [0.3, 0.4) is 0 Å². The molecule has 0 saturated carbocycles. The third-order valence-corrected chi connectivity index (χ3v) is 3.61. The summed E-state index contributed by atoms with van der Waals surface area (Å²) in [5, 5.41) is 2.81. The van der Waals surface area contributed by atoms with Crippen LogP contribution in [0.25, 0.3) is 0 Å². The standard InChI is InChI=1S/C18H22N2O2/c1-3-14(2)16-9-4-5-10-17(16)22-13-18(21)20-12-15-8-6-7-11-19-15/h4-11,14H,3,12-13H2,1-2H3,(H,20,21)/t14-/m0/s1. The number of rotatable bonds is 7. The Labute approximate surface area is 131 Å². The summed E-state index contributed by atoms with van der Waals surface area (Å²) in [7, 11) is 0. The van der Waals surface area contributed by atoms with E-state index in [1.54, 1.807) is 6.20 Å². The number of nitrogens with one attached hydrogen (secondary N) is 1. The average Bonchev–Trinajstić information content (AvgIpc) is 2.58. The number of carbonyl (C=O) groups excluding carboxylic acids is 1. The highest BCUT2D eigenvalue weighted by atomic mass is 16.5. The molecule has 1 heterocycles. The number of aromatic nitrogens is 1. The predicted octanol–water partition coefficient (Wildman–Crippen LogP) is 3.29. The van der Waals surface area contributed by atoms with Gasteiger partial charge in [-0.15, -0.1) is 0 Å². The van der Waals surface area contributed by atoms with Crippen LogP contribution in [-0.2, 0) is 11.3 Å². The largest absolute Gasteiger partial charge is 0.483 e. The molecule has 1 N–H and O–H groups in total. The number of para-hydroxylation sites is 1. The fraction of sp³-hybridized carbons (Fsp3) is 0.333. The molecule has 2 rings (SSSR count). The first-order chi connectivity index (χ1) is 10.7. The molecule has 116 valence electrons. The van der Waals surface area contributed by atoms with E-state index in [0.717, 1.165) is 23.4 Å². The molecule has 0 aliphatic carbocycles. The van der Waals surface area contributed by atoms with E-state index in [9.17, 15) is 4.79 Å². The van der Waals surface area contributed by atoms with Crippen LogP contribution in [0.2, 0.25) is 0 Å². The Bertz CT molecular complexity index is 599. The van der Waals surface area contributed by atoms with Crippen molar-refractivity contribution in [3.8, 4) is 5.75 Å². The van der Waals surface area contributed by atoms with Crippen LogP contribution in [0.1, 0.15) is 37.4 Å². The molecular formula is C18H22N2O2. The van der Waals surface area contributed by atoms with Gasteiger partial charge in [0.25, 0.3) is 5.91 Å². The van der Waals surface area contributed by atoms with Gasteiger partial charge in [0.15, 0.2) is 6.61 Å². The van der Waals surface area contributed by atoms with Crippen molar-refractivity contribution < 1.29 is 9.53 Å². The van der Waals surface area contributed by atoms with Crippen LogP contribution in [0.5, 0.6) is 5.75 Å². The maximum Gasteiger partial charge on any atom is 0.258 e. The summed E-state index contributed by atoms with van der Waals surface area (Å²) in [6, 6.07) is 13.5. The molecule has 2 aromatic rings. The second-order valence-corrected chi connectivity index (χ2v) is 5.23. The molecule has 22 heavy (non-hydrogen) atoms. The molecular weight excluding hydrogens is 276 g/mol. The molecule has 1 aromatic heterocycles. The molecule has 0 fully saturated rings. The van der Waals surface area contributed by atoms with Crippen LogP contribution in [-0.4, -0.2) is 17.5 Å². The topological polar surface area (TPSA) is 51.2 Å². The van der Waals surface area contributed by atoms with E-state index in [2.05, 4.69) is 30.2 Å². The Kier molecular flexibility index (Phi) is 5.95. The Balaban J connectivity index is 1.86. The summed E-state index contributed by atoms with van der Waals surface area (Å²) in [6.07, 6.45) is 2.74. The summed E-state index contributed by atoms with van der Waals surface area (Å²) >= 11 is 0. The number of hydrogen-bond donors (Lipinski definition) is 1. The van der Waals surface area contributed by atoms with Gasteiger partial charge in [0.1, 0.15) is 5.75 Å². The van der Waals surface area contributed by atoms with Gasteiger partial charge in [0.05, 0.1) is 12.2 Å². The second kappa shape index (κ2) is 8.17. The highest BCUT2D eigenvalue weighted by molar-refractivity contribution is 5.77. The monoisotopic (exact) mass is 298 g/mol. The van der Waals surface area contributed by atoms with E-state index in [1.165, 1.54) is 0 Å². The van der Waals surface area contributed by atoms with Crippen molar-refractivity contribution in [1.29, 1.82) is 0 Å². The number of carbonyl (C=O) groups is 1. The molecule has 0 aliphatic heterocycles. The lowest BCUT2D eigenvalue weighted by molar-refractivity contribution is -0.123. The molecule has 0 saturated heterocycles. The van der Waals surface area contributed by atoms with Gasteiger partial charge in [-0.3, -0.25) is 9.78 Å². The minimum atomic E-state index is -0.149. The fourth-order valence-corrected chi connectivity index (χ4v) is 2.13. The normalized spacial score (nSPS) is 11.7. The summed E-state index contributed by atoms with van der Waals surface area (Å²) in [5.74, 6) is 1.04. The van der Waals surface area contributed by atoms with E-state index in [1.807, 2.05) is 36.4 Å². The van der Waals surface area contributed by atoms with Crippen molar-refractivity contribution in [2.24, 2.45) is 0 Å². The number of hydrogen-bond acceptors (Lipinski definition) is 3. The molecule has 0 unspecified atom stereocenters. The maximum absolute atomic E-state index is 11.9. The molecule has 0 bridgehead atoms. The zero-order chi connectivity index (χ0) is 15.8. The first-order valence-corrected chi connectivity index (χ1v) is 7.59. The van der Waals surface area contributed by atoms with Gasteiger partial charge in [0.2, 0.25) is 0 Å². The van der Waals surface area contributed by atoms with Crippen LogP contribution >= 0.6 is 0 Å². The van der Waals surface area contributed by atoms with Crippen molar-refractivity contribution in [2.45, 2.75) is 32.7 Å². The van der Waals surface area contributed by atoms with E-state index in [4.69, 9.17) is 4.74 Å². The third-order valence-electron chi connectivity index (χ3n) is 3.61. The minimum absolute atomic E-state index is 0.0142. The highest BCUT2D eigenvalue weighted by Gasteiger charge is 2.11. The summed E-state index contributed by atoms with van der Waals surface area (Å²) in [4.78, 5) is 16.0. The van der Waals surface area contributed by atoms with Gasteiger partial charge in [0, 0.05) is 6.20 Å². The minimum Gasteiger partial charge on any atom is -0.483 e. The van der Waals surface area contributed by atoms with Crippen LogP contribution < -0.4 is 10.1 Å². The third kappa shape index (κ3) is 4.58. The zero-order valence-electron chi connectivity index (χ0n) is 13.1. The number of nitrogens with zero attached hydrogens (tertiary/aromatic N) is 1. The summed E-state index contributed by atoms with van der Waals surface area (Å²) < 4.78 is 5.68. The number of ether oxygens (including phenoxy) is 1. The van der Waals surface area contributed by atoms with E-state index in [0.29, 0.717) is 12.5 Å². The lowest BCUT2D eigenvalue weighted by atomic mass is 9.98. The van der Waals surface area contributed by atoms with Crippen LogP contribution in [0, 0.1) is 0 Å². The average molecular weight is 298 g/mol. The van der Waals surface area contributed by atoms with Gasteiger partial charge in [-0.1, -0.05) is 38.1 Å². The highest BCUT2D eigenvalue weighted by Crippen LogP contribution is 2.28. The lowest BCUT2D eigenvalue weighted by Gasteiger charge is -2.15. The van der Waals surface area contributed by atoms with Crippen LogP contribution in [0.4, 0.5) is 0 Å². The van der Waals surface area contributed by atoms with Gasteiger partial charge < -0.3 is 10.1 Å². The zero-order valence-corrected chi connectivity index (χ0v) is 13.1. The Morgan fingerprint density at radius 1 is 1.23 bits per heavy atom. The quantitative estimate of drug-likeness (QED) is 0.853. The van der Waals surface area contributed by atoms with Gasteiger partial charge in [-0.25, -0.2) is 0 Å². The Morgan fingerprint density at radius 3 is 2.73 bits per heavy atom. The molecule has 4 nitrogen and oxygen atoms in total. The van der Waals surface area contributed by atoms with Crippen molar-refractivity contribution in [1.82, 2.24) is 10.3 Å². The van der Waals surface area contributed by atoms with Gasteiger partial charge in [-0.2, -0.15) is 0 Å². The first-order valence-electron chi connectivity index (χ1n) is 7.59.